The lowest BCUT2D eigenvalue weighted by atomic mass is 9.79. The normalized spacial score (nSPS) is 18.8. The summed E-state index contributed by atoms with van der Waals surface area (Å²) in [4.78, 5) is 0. The van der Waals surface area contributed by atoms with Crippen molar-refractivity contribution in [3.63, 3.8) is 0 Å². The van der Waals surface area contributed by atoms with Gasteiger partial charge in [0.25, 0.3) is 0 Å². The molecule has 2 heteroatoms. The Morgan fingerprint density at radius 1 is 1.36 bits per heavy atom. The van der Waals surface area contributed by atoms with Crippen LogP contribution in [0.25, 0.3) is 0 Å². The Labute approximate surface area is 90.1 Å². The van der Waals surface area contributed by atoms with Gasteiger partial charge in [-0.3, -0.25) is 0 Å². The molecule has 1 aliphatic carbocycles. The quantitative estimate of drug-likeness (QED) is 0.750. The molecule has 0 bridgehead atoms. The average molecular weight is 207 g/mol. The Hall–Kier alpha value is -0.470. The van der Waals surface area contributed by atoms with E-state index < -0.39 is 0 Å². The van der Waals surface area contributed by atoms with Crippen molar-refractivity contribution in [1.29, 1.82) is 0 Å². The first kappa shape index (κ1) is 10.1. The molecule has 0 saturated carbocycles. The number of thioether (sulfide) groups is 1. The van der Waals surface area contributed by atoms with Gasteiger partial charge in [-0.1, -0.05) is 24.3 Å². The summed E-state index contributed by atoms with van der Waals surface area (Å²) >= 11 is 2.05. The van der Waals surface area contributed by atoms with E-state index in [9.17, 15) is 0 Å². The second kappa shape index (κ2) is 4.85. The monoisotopic (exact) mass is 207 g/mol. The van der Waals surface area contributed by atoms with Gasteiger partial charge >= 0.3 is 0 Å². The van der Waals surface area contributed by atoms with Gasteiger partial charge in [0.2, 0.25) is 0 Å². The van der Waals surface area contributed by atoms with Gasteiger partial charge < -0.3 is 5.73 Å². The summed E-state index contributed by atoms with van der Waals surface area (Å²) in [5.74, 6) is 3.31. The third-order valence-electron chi connectivity index (χ3n) is 2.77. The van der Waals surface area contributed by atoms with Gasteiger partial charge in [-0.2, -0.15) is 11.8 Å². The fourth-order valence-corrected chi connectivity index (χ4v) is 3.04. The van der Waals surface area contributed by atoms with Crippen LogP contribution in [0.1, 0.15) is 23.5 Å². The van der Waals surface area contributed by atoms with E-state index in [4.69, 9.17) is 5.73 Å². The van der Waals surface area contributed by atoms with Crippen molar-refractivity contribution in [1.82, 2.24) is 0 Å². The highest BCUT2D eigenvalue weighted by Gasteiger charge is 2.24. The minimum atomic E-state index is 0.814. The first-order chi connectivity index (χ1) is 6.92. The molecule has 1 aliphatic rings. The molecule has 1 aromatic rings. The Kier molecular flexibility index (Phi) is 3.49. The molecule has 2 N–H and O–H groups in total. The SMILES string of the molecule is NCCCSCC1Cc2ccccc21. The lowest BCUT2D eigenvalue weighted by Gasteiger charge is -2.29. The highest BCUT2D eigenvalue weighted by molar-refractivity contribution is 7.99. The number of hydrogen-bond donors (Lipinski definition) is 1. The number of rotatable bonds is 5. The van der Waals surface area contributed by atoms with Crippen LogP contribution in [0.3, 0.4) is 0 Å². The fraction of sp³-hybridized carbons (Fsp3) is 0.500. The van der Waals surface area contributed by atoms with Gasteiger partial charge in [-0.25, -0.2) is 0 Å². The van der Waals surface area contributed by atoms with Crippen LogP contribution < -0.4 is 5.73 Å². The predicted octanol–water partition coefficient (Wildman–Crippen LogP) is 2.41. The standard InChI is InChI=1S/C12H17NS/c13-6-3-7-14-9-11-8-10-4-1-2-5-12(10)11/h1-2,4-5,11H,3,6-9,13H2. The zero-order valence-corrected chi connectivity index (χ0v) is 9.22. The summed E-state index contributed by atoms with van der Waals surface area (Å²) in [6.07, 6.45) is 2.44. The Balaban J connectivity index is 1.76. The molecular weight excluding hydrogens is 190 g/mol. The summed E-state index contributed by atoms with van der Waals surface area (Å²) in [7, 11) is 0. The molecule has 1 nitrogen and oxygen atoms in total. The fourth-order valence-electron chi connectivity index (χ4n) is 1.92. The predicted molar refractivity (Wildman–Crippen MR) is 63.9 cm³/mol. The minimum Gasteiger partial charge on any atom is -0.330 e. The van der Waals surface area contributed by atoms with Crippen LogP contribution in [-0.2, 0) is 6.42 Å². The van der Waals surface area contributed by atoms with E-state index in [2.05, 4.69) is 24.3 Å². The van der Waals surface area contributed by atoms with Gasteiger partial charge in [0, 0.05) is 5.75 Å². The minimum absolute atomic E-state index is 0.814. The molecule has 0 heterocycles. The van der Waals surface area contributed by atoms with Crippen LogP contribution in [0, 0.1) is 0 Å². The maximum atomic E-state index is 5.46. The van der Waals surface area contributed by atoms with Crippen molar-refractivity contribution in [3.05, 3.63) is 35.4 Å². The van der Waals surface area contributed by atoms with Crippen LogP contribution in [0.5, 0.6) is 0 Å². The van der Waals surface area contributed by atoms with Crippen molar-refractivity contribution in [3.8, 4) is 0 Å². The first-order valence-electron chi connectivity index (χ1n) is 5.27. The molecule has 2 rings (SSSR count). The number of fused-ring (bicyclic) bond motifs is 1. The second-order valence-electron chi connectivity index (χ2n) is 3.82. The molecular formula is C12H17NS. The van der Waals surface area contributed by atoms with Crippen LogP contribution in [0.4, 0.5) is 0 Å². The van der Waals surface area contributed by atoms with Crippen LogP contribution in [0.2, 0.25) is 0 Å². The molecule has 0 aromatic heterocycles. The molecule has 1 unspecified atom stereocenters. The van der Waals surface area contributed by atoms with Gasteiger partial charge in [0.05, 0.1) is 0 Å². The van der Waals surface area contributed by atoms with Gasteiger partial charge in [0.15, 0.2) is 0 Å². The van der Waals surface area contributed by atoms with E-state index in [-0.39, 0.29) is 0 Å². The number of nitrogens with two attached hydrogens (primary N) is 1. The Morgan fingerprint density at radius 3 is 3.00 bits per heavy atom. The maximum absolute atomic E-state index is 5.46. The van der Waals surface area contributed by atoms with Crippen molar-refractivity contribution in [2.45, 2.75) is 18.8 Å². The Bertz CT molecular complexity index is 298. The summed E-state index contributed by atoms with van der Waals surface area (Å²) in [6.45, 7) is 0.828. The maximum Gasteiger partial charge on any atom is 0.000478 e. The van der Waals surface area contributed by atoms with Crippen molar-refractivity contribution in [2.75, 3.05) is 18.1 Å². The molecule has 1 atom stereocenters. The van der Waals surface area contributed by atoms with E-state index in [1.54, 1.807) is 11.1 Å². The topological polar surface area (TPSA) is 26.0 Å². The lowest BCUT2D eigenvalue weighted by molar-refractivity contribution is 0.677. The molecule has 14 heavy (non-hydrogen) atoms. The molecule has 0 fully saturated rings. The lowest BCUT2D eigenvalue weighted by Crippen LogP contribution is -2.19. The van der Waals surface area contributed by atoms with Gasteiger partial charge in [0.1, 0.15) is 0 Å². The molecule has 0 saturated heterocycles. The van der Waals surface area contributed by atoms with Crippen molar-refractivity contribution in [2.24, 2.45) is 5.73 Å². The van der Waals surface area contributed by atoms with Crippen molar-refractivity contribution >= 4 is 11.8 Å². The molecule has 0 spiro atoms. The molecule has 76 valence electrons. The Morgan fingerprint density at radius 2 is 2.21 bits per heavy atom. The van der Waals surface area contributed by atoms with E-state index >= 15 is 0 Å². The summed E-state index contributed by atoms with van der Waals surface area (Å²) in [6, 6.07) is 8.80. The van der Waals surface area contributed by atoms with Gasteiger partial charge in [-0.05, 0) is 42.2 Å². The van der Waals surface area contributed by atoms with Crippen LogP contribution >= 0.6 is 11.8 Å². The van der Waals surface area contributed by atoms with Crippen LogP contribution in [0.15, 0.2) is 24.3 Å². The van der Waals surface area contributed by atoms with E-state index in [1.807, 2.05) is 11.8 Å². The third kappa shape index (κ3) is 2.12. The molecule has 0 amide bonds. The number of hydrogen-bond acceptors (Lipinski definition) is 2. The largest absolute Gasteiger partial charge is 0.330 e. The zero-order chi connectivity index (χ0) is 9.80. The summed E-state index contributed by atoms with van der Waals surface area (Å²) < 4.78 is 0. The van der Waals surface area contributed by atoms with Crippen molar-refractivity contribution < 1.29 is 0 Å². The van der Waals surface area contributed by atoms with Crippen LogP contribution in [-0.4, -0.2) is 18.1 Å². The smallest absolute Gasteiger partial charge is 0.000478 e. The van der Waals surface area contributed by atoms with Gasteiger partial charge in [-0.15, -0.1) is 0 Å². The number of benzene rings is 1. The highest BCUT2D eigenvalue weighted by Crippen LogP contribution is 2.36. The second-order valence-corrected chi connectivity index (χ2v) is 4.97. The molecule has 0 aliphatic heterocycles. The third-order valence-corrected chi connectivity index (χ3v) is 3.99. The summed E-state index contributed by atoms with van der Waals surface area (Å²) in [5, 5.41) is 0. The molecule has 0 radical (unpaired) electrons. The van der Waals surface area contributed by atoms with E-state index in [0.717, 1.165) is 18.9 Å². The van der Waals surface area contributed by atoms with E-state index in [0.29, 0.717) is 0 Å². The molecule has 1 aromatic carbocycles. The average Bonchev–Trinajstić information content (AvgIpc) is 2.19. The first-order valence-corrected chi connectivity index (χ1v) is 6.43. The zero-order valence-electron chi connectivity index (χ0n) is 8.41. The highest BCUT2D eigenvalue weighted by atomic mass is 32.2. The summed E-state index contributed by atoms with van der Waals surface area (Å²) in [5.41, 5.74) is 8.58. The van der Waals surface area contributed by atoms with E-state index in [1.165, 1.54) is 17.9 Å².